The van der Waals surface area contributed by atoms with Crippen LogP contribution in [0.4, 0.5) is 0 Å². The Hall–Kier alpha value is -0.890. The second-order valence-corrected chi connectivity index (χ2v) is 3.04. The van der Waals surface area contributed by atoms with Crippen molar-refractivity contribution in [2.24, 2.45) is 0 Å². The zero-order valence-corrected chi connectivity index (χ0v) is 6.27. The Bertz CT molecular complexity index is 235. The van der Waals surface area contributed by atoms with E-state index in [1.165, 1.54) is 5.56 Å². The first kappa shape index (κ1) is 6.80. The number of hydrogen-bond donors (Lipinski definition) is 1. The lowest BCUT2D eigenvalue weighted by molar-refractivity contribution is 0.0660. The largest absolute Gasteiger partial charge is 0.392 e. The molecule has 1 aromatic heterocycles. The van der Waals surface area contributed by atoms with Crippen molar-refractivity contribution >= 4 is 0 Å². The Morgan fingerprint density at radius 2 is 2.36 bits per heavy atom. The van der Waals surface area contributed by atoms with Crippen molar-refractivity contribution in [3.8, 4) is 0 Å². The van der Waals surface area contributed by atoms with Gasteiger partial charge in [0.25, 0.3) is 0 Å². The molecule has 2 unspecified atom stereocenters. The van der Waals surface area contributed by atoms with E-state index in [0.29, 0.717) is 5.92 Å². The summed E-state index contributed by atoms with van der Waals surface area (Å²) >= 11 is 0. The SMILES string of the molecule is OC1CCC1c1cccnc1. The number of nitrogens with zero attached hydrogens (tertiary/aromatic N) is 1. The molecular weight excluding hydrogens is 138 g/mol. The molecule has 2 heteroatoms. The van der Waals surface area contributed by atoms with Gasteiger partial charge < -0.3 is 5.11 Å². The van der Waals surface area contributed by atoms with Gasteiger partial charge in [-0.2, -0.15) is 0 Å². The molecule has 0 spiro atoms. The van der Waals surface area contributed by atoms with Crippen LogP contribution in [0.1, 0.15) is 24.3 Å². The minimum Gasteiger partial charge on any atom is -0.392 e. The van der Waals surface area contributed by atoms with Crippen LogP contribution in [0.25, 0.3) is 0 Å². The molecule has 1 heterocycles. The third-order valence-electron chi connectivity index (χ3n) is 2.35. The molecule has 0 aliphatic heterocycles. The number of hydrogen-bond acceptors (Lipinski definition) is 2. The lowest BCUT2D eigenvalue weighted by atomic mass is 9.78. The van der Waals surface area contributed by atoms with E-state index in [1.807, 2.05) is 18.3 Å². The minimum absolute atomic E-state index is 0.126. The normalized spacial score (nSPS) is 29.5. The molecule has 2 nitrogen and oxygen atoms in total. The summed E-state index contributed by atoms with van der Waals surface area (Å²) in [5.74, 6) is 0.351. The summed E-state index contributed by atoms with van der Waals surface area (Å²) in [6, 6.07) is 3.94. The topological polar surface area (TPSA) is 33.1 Å². The van der Waals surface area contributed by atoms with Gasteiger partial charge >= 0.3 is 0 Å². The van der Waals surface area contributed by atoms with E-state index in [1.54, 1.807) is 6.20 Å². The maximum absolute atomic E-state index is 9.33. The highest BCUT2D eigenvalue weighted by molar-refractivity contribution is 5.19. The van der Waals surface area contributed by atoms with Gasteiger partial charge in [-0.25, -0.2) is 0 Å². The molecule has 2 rings (SSSR count). The van der Waals surface area contributed by atoms with Crippen molar-refractivity contribution in [3.63, 3.8) is 0 Å². The highest BCUT2D eigenvalue weighted by Crippen LogP contribution is 2.35. The number of rotatable bonds is 1. The van der Waals surface area contributed by atoms with E-state index in [4.69, 9.17) is 0 Å². The zero-order chi connectivity index (χ0) is 7.68. The fourth-order valence-corrected chi connectivity index (χ4v) is 1.47. The van der Waals surface area contributed by atoms with Gasteiger partial charge in [0.2, 0.25) is 0 Å². The monoisotopic (exact) mass is 149 g/mol. The molecule has 0 saturated heterocycles. The van der Waals surface area contributed by atoms with Crippen LogP contribution in [0.5, 0.6) is 0 Å². The number of aliphatic hydroxyl groups excluding tert-OH is 1. The molecule has 1 aliphatic rings. The maximum Gasteiger partial charge on any atom is 0.0609 e. The predicted molar refractivity (Wildman–Crippen MR) is 42.2 cm³/mol. The van der Waals surface area contributed by atoms with Crippen LogP contribution in [0.15, 0.2) is 24.5 Å². The second-order valence-electron chi connectivity index (χ2n) is 3.04. The predicted octanol–water partition coefficient (Wildman–Crippen LogP) is 1.32. The lowest BCUT2D eigenvalue weighted by Crippen LogP contribution is -2.28. The third kappa shape index (κ3) is 1.14. The molecule has 1 aliphatic carbocycles. The van der Waals surface area contributed by atoms with Crippen molar-refractivity contribution in [2.75, 3.05) is 0 Å². The molecule has 1 N–H and O–H groups in total. The molecule has 11 heavy (non-hydrogen) atoms. The number of aliphatic hydroxyl groups is 1. The van der Waals surface area contributed by atoms with Gasteiger partial charge in [-0.3, -0.25) is 4.98 Å². The van der Waals surface area contributed by atoms with Crippen molar-refractivity contribution in [2.45, 2.75) is 24.9 Å². The molecule has 0 radical (unpaired) electrons. The number of aromatic nitrogens is 1. The number of pyridine rings is 1. The standard InChI is InChI=1S/C9H11NO/c11-9-4-3-8(9)7-2-1-5-10-6-7/h1-2,5-6,8-9,11H,3-4H2. The Morgan fingerprint density at radius 3 is 2.82 bits per heavy atom. The molecular formula is C9H11NO. The Balaban J connectivity index is 2.17. The van der Waals surface area contributed by atoms with Crippen molar-refractivity contribution in [1.29, 1.82) is 0 Å². The summed E-state index contributed by atoms with van der Waals surface area (Å²) in [6.45, 7) is 0. The highest BCUT2D eigenvalue weighted by Gasteiger charge is 2.29. The molecule has 0 bridgehead atoms. The first-order valence-electron chi connectivity index (χ1n) is 3.96. The molecule has 58 valence electrons. The summed E-state index contributed by atoms with van der Waals surface area (Å²) in [5, 5.41) is 9.33. The maximum atomic E-state index is 9.33. The summed E-state index contributed by atoms with van der Waals surface area (Å²) in [4.78, 5) is 4.01. The van der Waals surface area contributed by atoms with Crippen molar-refractivity contribution in [3.05, 3.63) is 30.1 Å². The average Bonchev–Trinajstić information content (AvgIpc) is 2.04. The molecule has 0 amide bonds. The van der Waals surface area contributed by atoms with E-state index < -0.39 is 0 Å². The van der Waals surface area contributed by atoms with Crippen LogP contribution in [0.2, 0.25) is 0 Å². The molecule has 1 saturated carbocycles. The summed E-state index contributed by atoms with van der Waals surface area (Å²) in [7, 11) is 0. The third-order valence-corrected chi connectivity index (χ3v) is 2.35. The average molecular weight is 149 g/mol. The van der Waals surface area contributed by atoms with Gasteiger partial charge in [0, 0.05) is 18.3 Å². The first-order chi connectivity index (χ1) is 5.38. The van der Waals surface area contributed by atoms with E-state index in [0.717, 1.165) is 12.8 Å². The Labute approximate surface area is 65.9 Å². The fraction of sp³-hybridized carbons (Fsp3) is 0.444. The lowest BCUT2D eigenvalue weighted by Gasteiger charge is -2.32. The molecule has 0 aromatic carbocycles. The molecule has 2 atom stereocenters. The zero-order valence-electron chi connectivity index (χ0n) is 6.27. The van der Waals surface area contributed by atoms with Crippen molar-refractivity contribution in [1.82, 2.24) is 4.98 Å². The van der Waals surface area contributed by atoms with Crippen LogP contribution < -0.4 is 0 Å². The van der Waals surface area contributed by atoms with E-state index in [2.05, 4.69) is 4.98 Å². The van der Waals surface area contributed by atoms with Gasteiger partial charge in [0.15, 0.2) is 0 Å². The van der Waals surface area contributed by atoms with Crippen LogP contribution in [0.3, 0.4) is 0 Å². The van der Waals surface area contributed by atoms with Crippen LogP contribution in [-0.4, -0.2) is 16.2 Å². The summed E-state index contributed by atoms with van der Waals surface area (Å²) in [5.41, 5.74) is 1.17. The Morgan fingerprint density at radius 1 is 1.45 bits per heavy atom. The summed E-state index contributed by atoms with van der Waals surface area (Å²) < 4.78 is 0. The minimum atomic E-state index is -0.126. The smallest absolute Gasteiger partial charge is 0.0609 e. The van der Waals surface area contributed by atoms with E-state index >= 15 is 0 Å². The second kappa shape index (κ2) is 2.62. The van der Waals surface area contributed by atoms with E-state index in [-0.39, 0.29) is 6.10 Å². The van der Waals surface area contributed by atoms with Crippen LogP contribution in [0, 0.1) is 0 Å². The quantitative estimate of drug-likeness (QED) is 0.653. The van der Waals surface area contributed by atoms with Gasteiger partial charge in [-0.1, -0.05) is 6.07 Å². The fourth-order valence-electron chi connectivity index (χ4n) is 1.47. The highest BCUT2D eigenvalue weighted by atomic mass is 16.3. The Kier molecular flexibility index (Phi) is 1.62. The van der Waals surface area contributed by atoms with Gasteiger partial charge in [-0.05, 0) is 24.5 Å². The summed E-state index contributed by atoms with van der Waals surface area (Å²) in [6.07, 6.45) is 5.52. The molecule has 1 aromatic rings. The van der Waals surface area contributed by atoms with E-state index in [9.17, 15) is 5.11 Å². The molecule has 1 fully saturated rings. The first-order valence-corrected chi connectivity index (χ1v) is 3.96. The van der Waals surface area contributed by atoms with Gasteiger partial charge in [0.05, 0.1) is 6.10 Å². The van der Waals surface area contributed by atoms with Gasteiger partial charge in [-0.15, -0.1) is 0 Å². The van der Waals surface area contributed by atoms with Crippen molar-refractivity contribution < 1.29 is 5.11 Å². The van der Waals surface area contributed by atoms with Crippen LogP contribution >= 0.6 is 0 Å². The van der Waals surface area contributed by atoms with Gasteiger partial charge in [0.1, 0.15) is 0 Å². The van der Waals surface area contributed by atoms with Crippen LogP contribution in [-0.2, 0) is 0 Å².